The molecule has 0 aromatic carbocycles. The van der Waals surface area contributed by atoms with Gasteiger partial charge in [-0.2, -0.15) is 0 Å². The highest BCUT2D eigenvalue weighted by Crippen LogP contribution is 2.03. The Balaban J connectivity index is 2.13. The fourth-order valence-electron chi connectivity index (χ4n) is 1.08. The Labute approximate surface area is 81.6 Å². The van der Waals surface area contributed by atoms with Crippen LogP contribution in [0.2, 0.25) is 0 Å². The van der Waals surface area contributed by atoms with Gasteiger partial charge in [0.2, 0.25) is 0 Å². The van der Waals surface area contributed by atoms with E-state index in [9.17, 15) is 0 Å². The van der Waals surface area contributed by atoms with Crippen LogP contribution in [0.1, 0.15) is 0 Å². The van der Waals surface area contributed by atoms with Gasteiger partial charge >= 0.3 is 0 Å². The lowest BCUT2D eigenvalue weighted by Crippen LogP contribution is -2.43. The van der Waals surface area contributed by atoms with Crippen molar-refractivity contribution in [3.05, 3.63) is 0 Å². The third-order valence-corrected chi connectivity index (χ3v) is 2.63. The van der Waals surface area contributed by atoms with E-state index in [2.05, 4.69) is 44.6 Å². The first-order valence-corrected chi connectivity index (χ1v) is 5.47. The van der Waals surface area contributed by atoms with E-state index < -0.39 is 0 Å². The van der Waals surface area contributed by atoms with Crippen LogP contribution in [0, 0.1) is 0 Å². The fraction of sp³-hybridized carbons (Fsp3) is 1.00. The van der Waals surface area contributed by atoms with Crippen LogP contribution >= 0.6 is 35.4 Å². The Morgan fingerprint density at radius 1 is 1.20 bits per heavy atom. The maximum absolute atomic E-state index is 4.27. The van der Waals surface area contributed by atoms with E-state index in [0.717, 1.165) is 13.1 Å². The van der Waals surface area contributed by atoms with Gasteiger partial charge in [0.25, 0.3) is 0 Å². The van der Waals surface area contributed by atoms with Gasteiger partial charge in [0.05, 0.1) is 0 Å². The second kappa shape index (κ2) is 4.79. The molecule has 0 spiro atoms. The zero-order valence-electron chi connectivity index (χ0n) is 5.96. The van der Waals surface area contributed by atoms with Crippen LogP contribution in [0.25, 0.3) is 0 Å². The van der Waals surface area contributed by atoms with Crippen molar-refractivity contribution in [2.75, 3.05) is 37.2 Å². The van der Waals surface area contributed by atoms with Crippen LogP contribution in [0.4, 0.5) is 0 Å². The van der Waals surface area contributed by atoms with Crippen molar-refractivity contribution in [3.8, 4) is 0 Å². The molecule has 0 N–H and O–H groups in total. The van der Waals surface area contributed by atoms with Crippen molar-refractivity contribution in [3.63, 3.8) is 0 Å². The van der Waals surface area contributed by atoms with Gasteiger partial charge in [0.1, 0.15) is 0 Å². The predicted molar refractivity (Wildman–Crippen MR) is 55.9 cm³/mol. The lowest BCUT2D eigenvalue weighted by atomic mass is 10.4. The Kier molecular flexibility index (Phi) is 4.36. The molecule has 4 heteroatoms. The molecule has 1 heterocycles. The summed E-state index contributed by atoms with van der Waals surface area (Å²) in [5, 5.41) is 0. The molecule has 2 nitrogen and oxygen atoms in total. The highest BCUT2D eigenvalue weighted by atomic mass is 127. The van der Waals surface area contributed by atoms with Crippen LogP contribution in [-0.4, -0.2) is 46.4 Å². The van der Waals surface area contributed by atoms with Gasteiger partial charge < -0.3 is 0 Å². The molecule has 0 bridgehead atoms. The van der Waals surface area contributed by atoms with E-state index in [0.29, 0.717) is 0 Å². The molecule has 0 radical (unpaired) electrons. The second-order valence-electron chi connectivity index (χ2n) is 2.48. The molecule has 0 atom stereocenters. The molecule has 1 aliphatic rings. The van der Waals surface area contributed by atoms with E-state index in [1.165, 1.54) is 24.1 Å². The summed E-state index contributed by atoms with van der Waals surface area (Å²) in [6.45, 7) is 5.83. The predicted octanol–water partition coefficient (Wildman–Crippen LogP) is 0.884. The number of hydrogen-bond donors (Lipinski definition) is 1. The highest BCUT2D eigenvalue weighted by molar-refractivity contribution is 14.1. The Hall–Kier alpha value is 1.00. The number of alkyl halides is 1. The lowest BCUT2D eigenvalue weighted by molar-refractivity contribution is 0.209. The van der Waals surface area contributed by atoms with E-state index in [4.69, 9.17) is 0 Å². The molecule has 0 unspecified atom stereocenters. The number of piperazine rings is 1. The molecule has 10 heavy (non-hydrogen) atoms. The molecule has 0 aromatic rings. The summed E-state index contributed by atoms with van der Waals surface area (Å²) < 4.78 is 3.33. The quantitative estimate of drug-likeness (QED) is 0.453. The molecule has 0 saturated carbocycles. The number of rotatable bonds is 2. The number of hydrogen-bond acceptors (Lipinski definition) is 3. The summed E-state index contributed by atoms with van der Waals surface area (Å²) >= 11 is 6.70. The van der Waals surface area contributed by atoms with Gasteiger partial charge in [-0.05, 0) is 0 Å². The van der Waals surface area contributed by atoms with Crippen molar-refractivity contribution in [2.45, 2.75) is 0 Å². The second-order valence-corrected chi connectivity index (χ2v) is 4.13. The third kappa shape index (κ3) is 2.94. The third-order valence-electron chi connectivity index (χ3n) is 1.75. The maximum atomic E-state index is 4.27. The summed E-state index contributed by atoms with van der Waals surface area (Å²) in [6, 6.07) is 0. The SMILES string of the molecule is SN1CCN(CCI)CC1. The number of nitrogens with zero attached hydrogens (tertiary/aromatic N) is 2. The molecular formula is C6H13IN2S. The summed E-state index contributed by atoms with van der Waals surface area (Å²) in [7, 11) is 0. The van der Waals surface area contributed by atoms with Gasteiger partial charge in [0, 0.05) is 37.2 Å². The van der Waals surface area contributed by atoms with Crippen molar-refractivity contribution in [1.29, 1.82) is 0 Å². The standard InChI is InChI=1S/C6H13IN2S/c7-1-2-8-3-5-9(10)6-4-8/h10H,1-6H2. The molecule has 0 amide bonds. The molecule has 1 rings (SSSR count). The Morgan fingerprint density at radius 2 is 1.80 bits per heavy atom. The summed E-state index contributed by atoms with van der Waals surface area (Å²) in [6.07, 6.45) is 0. The summed E-state index contributed by atoms with van der Waals surface area (Å²) in [5.41, 5.74) is 0. The normalized spacial score (nSPS) is 23.4. The Bertz CT molecular complexity index is 93.7. The van der Waals surface area contributed by atoms with Gasteiger partial charge in [-0.15, -0.1) is 0 Å². The zero-order valence-corrected chi connectivity index (χ0v) is 9.01. The molecule has 0 aromatic heterocycles. The first kappa shape index (κ1) is 9.09. The average Bonchev–Trinajstić information content (AvgIpc) is 1.95. The average molecular weight is 272 g/mol. The smallest absolute Gasteiger partial charge is 0.0215 e. The molecule has 1 aliphatic heterocycles. The molecule has 0 aliphatic carbocycles. The minimum atomic E-state index is 1.11. The van der Waals surface area contributed by atoms with Gasteiger partial charge in [-0.3, -0.25) is 9.21 Å². The van der Waals surface area contributed by atoms with Gasteiger partial charge in [0.15, 0.2) is 0 Å². The van der Waals surface area contributed by atoms with Gasteiger partial charge in [-0.1, -0.05) is 35.4 Å². The monoisotopic (exact) mass is 272 g/mol. The minimum Gasteiger partial charge on any atom is -0.300 e. The summed E-state index contributed by atoms with van der Waals surface area (Å²) in [5.74, 6) is 0. The maximum Gasteiger partial charge on any atom is 0.0215 e. The fourth-order valence-corrected chi connectivity index (χ4v) is 1.94. The van der Waals surface area contributed by atoms with Crippen molar-refractivity contribution in [1.82, 2.24) is 9.21 Å². The van der Waals surface area contributed by atoms with E-state index in [-0.39, 0.29) is 0 Å². The molecule has 1 saturated heterocycles. The van der Waals surface area contributed by atoms with Crippen molar-refractivity contribution < 1.29 is 0 Å². The largest absolute Gasteiger partial charge is 0.300 e. The molecule has 60 valence electrons. The number of halogens is 1. The summed E-state index contributed by atoms with van der Waals surface area (Å²) in [4.78, 5) is 2.49. The van der Waals surface area contributed by atoms with Crippen molar-refractivity contribution in [2.24, 2.45) is 0 Å². The first-order valence-electron chi connectivity index (χ1n) is 3.55. The van der Waals surface area contributed by atoms with Gasteiger partial charge in [-0.25, -0.2) is 0 Å². The van der Waals surface area contributed by atoms with E-state index in [1.807, 2.05) is 0 Å². The topological polar surface area (TPSA) is 6.48 Å². The lowest BCUT2D eigenvalue weighted by Gasteiger charge is -2.30. The van der Waals surface area contributed by atoms with E-state index >= 15 is 0 Å². The first-order chi connectivity index (χ1) is 4.83. The van der Waals surface area contributed by atoms with Crippen LogP contribution < -0.4 is 0 Å². The highest BCUT2D eigenvalue weighted by Gasteiger charge is 2.12. The van der Waals surface area contributed by atoms with Crippen LogP contribution in [0.5, 0.6) is 0 Å². The zero-order chi connectivity index (χ0) is 7.40. The van der Waals surface area contributed by atoms with Crippen LogP contribution in [0.3, 0.4) is 0 Å². The molecular weight excluding hydrogens is 259 g/mol. The van der Waals surface area contributed by atoms with Crippen LogP contribution in [-0.2, 0) is 0 Å². The Morgan fingerprint density at radius 3 is 2.30 bits per heavy atom. The molecule has 1 fully saturated rings. The van der Waals surface area contributed by atoms with E-state index in [1.54, 1.807) is 0 Å². The van der Waals surface area contributed by atoms with Crippen molar-refractivity contribution >= 4 is 35.4 Å². The minimum absolute atomic E-state index is 1.11. The van der Waals surface area contributed by atoms with Crippen LogP contribution in [0.15, 0.2) is 0 Å². The number of thiol groups is 1.